The number of rotatable bonds is 2. The molecule has 1 saturated heterocycles. The molecule has 0 bridgehead atoms. The van der Waals surface area contributed by atoms with E-state index in [0.717, 1.165) is 4.90 Å². The molecule has 0 aromatic heterocycles. The first-order chi connectivity index (χ1) is 7.13. The Morgan fingerprint density at radius 1 is 1.47 bits per heavy atom. The predicted molar refractivity (Wildman–Crippen MR) is 57.7 cm³/mol. The molecule has 15 heavy (non-hydrogen) atoms. The molecule has 2 atom stereocenters. The van der Waals surface area contributed by atoms with Gasteiger partial charge in [-0.2, -0.15) is 0 Å². The molecule has 80 valence electrons. The Morgan fingerprint density at radius 3 is 2.67 bits per heavy atom. The van der Waals surface area contributed by atoms with Crippen molar-refractivity contribution in [3.63, 3.8) is 0 Å². The zero-order valence-corrected chi connectivity index (χ0v) is 9.16. The maximum Gasteiger partial charge on any atom is 0.325 e. The fourth-order valence-corrected chi connectivity index (χ4v) is 2.57. The number of benzene rings is 1. The van der Waals surface area contributed by atoms with Gasteiger partial charge < -0.3 is 9.84 Å². The molecule has 1 fully saturated rings. The number of cyclic esters (lactones) is 1. The van der Waals surface area contributed by atoms with Gasteiger partial charge in [-0.05, 0) is 19.1 Å². The average molecular weight is 224 g/mol. The first kappa shape index (κ1) is 10.5. The van der Waals surface area contributed by atoms with Crippen LogP contribution in [-0.2, 0) is 9.53 Å². The van der Waals surface area contributed by atoms with E-state index < -0.39 is 10.9 Å². The third-order valence-corrected chi connectivity index (χ3v) is 3.86. The van der Waals surface area contributed by atoms with Crippen LogP contribution >= 0.6 is 11.8 Å². The second-order valence-electron chi connectivity index (χ2n) is 3.64. The summed E-state index contributed by atoms with van der Waals surface area (Å²) in [4.78, 5) is 12.5. The summed E-state index contributed by atoms with van der Waals surface area (Å²) < 4.78 is 3.97. The van der Waals surface area contributed by atoms with Gasteiger partial charge in [0, 0.05) is 4.90 Å². The van der Waals surface area contributed by atoms with Crippen molar-refractivity contribution in [2.45, 2.75) is 22.7 Å². The van der Waals surface area contributed by atoms with Crippen molar-refractivity contribution in [3.05, 3.63) is 30.3 Å². The molecule has 2 unspecified atom stereocenters. The van der Waals surface area contributed by atoms with Crippen LogP contribution in [0.4, 0.5) is 0 Å². The maximum atomic E-state index is 11.5. The summed E-state index contributed by atoms with van der Waals surface area (Å²) in [5, 5.41) is 9.71. The molecule has 1 aliphatic rings. The molecule has 4 heteroatoms. The minimum absolute atomic E-state index is 0.0924. The van der Waals surface area contributed by atoms with E-state index in [0.29, 0.717) is 0 Å². The van der Waals surface area contributed by atoms with E-state index in [1.165, 1.54) is 11.8 Å². The summed E-state index contributed by atoms with van der Waals surface area (Å²) >= 11 is 1.35. The lowest BCUT2D eigenvalue weighted by Gasteiger charge is -2.21. The second-order valence-corrected chi connectivity index (χ2v) is 5.16. The largest absolute Gasteiger partial charge is 0.462 e. The van der Waals surface area contributed by atoms with Gasteiger partial charge in [0.05, 0.1) is 0 Å². The number of ether oxygens (including phenoxy) is 1. The van der Waals surface area contributed by atoms with Crippen molar-refractivity contribution in [1.29, 1.82) is 0 Å². The number of hydrogen-bond acceptors (Lipinski definition) is 4. The van der Waals surface area contributed by atoms with Crippen molar-refractivity contribution >= 4 is 17.7 Å². The topological polar surface area (TPSA) is 46.5 Å². The molecule has 0 spiro atoms. The van der Waals surface area contributed by atoms with Crippen LogP contribution in [0.25, 0.3) is 0 Å². The molecule has 1 aliphatic heterocycles. The van der Waals surface area contributed by atoms with E-state index in [-0.39, 0.29) is 12.6 Å². The lowest BCUT2D eigenvalue weighted by Crippen LogP contribution is -2.37. The highest BCUT2D eigenvalue weighted by atomic mass is 32.2. The van der Waals surface area contributed by atoms with E-state index in [1.54, 1.807) is 6.92 Å². The molecule has 3 nitrogen and oxygen atoms in total. The molecule has 2 rings (SSSR count). The minimum atomic E-state index is -0.874. The quantitative estimate of drug-likeness (QED) is 0.772. The van der Waals surface area contributed by atoms with Gasteiger partial charge in [-0.15, -0.1) is 11.8 Å². The monoisotopic (exact) mass is 224 g/mol. The molecule has 1 aromatic rings. The Balaban J connectivity index is 2.21. The van der Waals surface area contributed by atoms with E-state index >= 15 is 0 Å². The SMILES string of the molecule is CC1(Sc2ccccc2)C(=O)OCC1O. The van der Waals surface area contributed by atoms with Gasteiger partial charge >= 0.3 is 5.97 Å². The van der Waals surface area contributed by atoms with Gasteiger partial charge in [-0.1, -0.05) is 18.2 Å². The molecule has 1 N–H and O–H groups in total. The number of aliphatic hydroxyl groups is 1. The fraction of sp³-hybridized carbons (Fsp3) is 0.364. The highest BCUT2D eigenvalue weighted by Gasteiger charge is 2.49. The van der Waals surface area contributed by atoms with Crippen molar-refractivity contribution in [2.75, 3.05) is 6.61 Å². The van der Waals surface area contributed by atoms with Crippen molar-refractivity contribution in [1.82, 2.24) is 0 Å². The first-order valence-corrected chi connectivity index (χ1v) is 5.54. The Bertz CT molecular complexity index is 365. The first-order valence-electron chi connectivity index (χ1n) is 4.72. The van der Waals surface area contributed by atoms with Crippen LogP contribution in [-0.4, -0.2) is 28.5 Å². The maximum absolute atomic E-state index is 11.5. The molecular formula is C11H12O3S. The molecule has 1 heterocycles. The van der Waals surface area contributed by atoms with E-state index in [4.69, 9.17) is 4.74 Å². The third-order valence-electron chi connectivity index (χ3n) is 2.49. The standard InChI is InChI=1S/C11H12O3S/c1-11(9(12)7-14-10(11)13)15-8-5-3-2-4-6-8/h2-6,9,12H,7H2,1H3. The van der Waals surface area contributed by atoms with Crippen molar-refractivity contribution in [3.8, 4) is 0 Å². The van der Waals surface area contributed by atoms with Crippen molar-refractivity contribution in [2.24, 2.45) is 0 Å². The van der Waals surface area contributed by atoms with Gasteiger partial charge in [-0.3, -0.25) is 4.79 Å². The summed E-state index contributed by atoms with van der Waals surface area (Å²) in [6.45, 7) is 1.81. The van der Waals surface area contributed by atoms with Crippen LogP contribution in [0.1, 0.15) is 6.92 Å². The molecule has 0 aliphatic carbocycles. The van der Waals surface area contributed by atoms with Gasteiger partial charge in [0.1, 0.15) is 17.5 Å². The van der Waals surface area contributed by atoms with Crippen molar-refractivity contribution < 1.29 is 14.6 Å². The summed E-state index contributed by atoms with van der Waals surface area (Å²) in [6, 6.07) is 9.54. The van der Waals surface area contributed by atoms with E-state index in [9.17, 15) is 9.90 Å². The molecule has 0 amide bonds. The fourth-order valence-electron chi connectivity index (χ4n) is 1.44. The second kappa shape index (κ2) is 3.87. The minimum Gasteiger partial charge on any atom is -0.462 e. The van der Waals surface area contributed by atoms with Gasteiger partial charge in [0.2, 0.25) is 0 Å². The van der Waals surface area contributed by atoms with Crippen LogP contribution in [0.15, 0.2) is 35.2 Å². The molecule has 0 radical (unpaired) electrons. The Hall–Kier alpha value is -1.00. The molecular weight excluding hydrogens is 212 g/mol. The van der Waals surface area contributed by atoms with Crippen LogP contribution in [0.5, 0.6) is 0 Å². The number of carbonyl (C=O) groups excluding carboxylic acids is 1. The summed E-state index contributed by atoms with van der Waals surface area (Å²) in [5.74, 6) is -0.344. The number of hydrogen-bond donors (Lipinski definition) is 1. The van der Waals surface area contributed by atoms with Crippen LogP contribution in [0.3, 0.4) is 0 Å². The smallest absolute Gasteiger partial charge is 0.325 e. The summed E-state index contributed by atoms with van der Waals surface area (Å²) in [6.07, 6.45) is -0.741. The Morgan fingerprint density at radius 2 is 2.13 bits per heavy atom. The van der Waals surface area contributed by atoms with E-state index in [2.05, 4.69) is 0 Å². The normalized spacial score (nSPS) is 30.3. The average Bonchev–Trinajstić information content (AvgIpc) is 2.48. The third kappa shape index (κ3) is 1.87. The van der Waals surface area contributed by atoms with Gasteiger partial charge in [-0.25, -0.2) is 0 Å². The lowest BCUT2D eigenvalue weighted by atomic mass is 10.1. The van der Waals surface area contributed by atoms with Crippen LogP contribution in [0, 0.1) is 0 Å². The number of aliphatic hydroxyl groups excluding tert-OH is 1. The number of esters is 1. The molecule has 0 saturated carbocycles. The summed E-state index contributed by atoms with van der Waals surface area (Å²) in [5.41, 5.74) is 0. The van der Waals surface area contributed by atoms with Crippen LogP contribution < -0.4 is 0 Å². The zero-order valence-electron chi connectivity index (χ0n) is 8.34. The number of carbonyl (C=O) groups is 1. The Labute approximate surface area is 92.4 Å². The van der Waals surface area contributed by atoms with Gasteiger partial charge in [0.25, 0.3) is 0 Å². The highest BCUT2D eigenvalue weighted by Crippen LogP contribution is 2.39. The number of thioether (sulfide) groups is 1. The zero-order chi connectivity index (χ0) is 10.9. The Kier molecular flexibility index (Phi) is 2.71. The summed E-state index contributed by atoms with van der Waals surface area (Å²) in [7, 11) is 0. The predicted octanol–water partition coefficient (Wildman–Crippen LogP) is 1.46. The highest BCUT2D eigenvalue weighted by molar-refractivity contribution is 8.01. The van der Waals surface area contributed by atoms with E-state index in [1.807, 2.05) is 30.3 Å². The molecule has 1 aromatic carbocycles. The van der Waals surface area contributed by atoms with Gasteiger partial charge in [0.15, 0.2) is 0 Å². The lowest BCUT2D eigenvalue weighted by molar-refractivity contribution is -0.139. The van der Waals surface area contributed by atoms with Crippen LogP contribution in [0.2, 0.25) is 0 Å².